The fourth-order valence-corrected chi connectivity index (χ4v) is 8.63. The van der Waals surface area contributed by atoms with Crippen LogP contribution in [0, 0.1) is 24.6 Å². The Balaban J connectivity index is 1.37. The standard InChI is InChI=1S/C42H55FN8O4S2Si/c1-30-27-37(47-48-39(30)46-42-51(29-54-25-26-58(6,7)8)33-16-9-10-17-35(33)56-42)50(23-12-11-21-44-2)41-45-38(40(52)53-5)36(57-41)18-14-24-55-34-20-19-31(28-32(34)43)15-13-22-49(3)4/h9-10,16-17,19-20,27-28,44H,11-12,14,18,21-26,29H2,1-8H3. The second kappa shape index (κ2) is 21.5. The second-order valence-electron chi connectivity index (χ2n) is 15.3. The molecule has 16 heteroatoms. The lowest BCUT2D eigenvalue weighted by atomic mass is 10.2. The van der Waals surface area contributed by atoms with E-state index in [1.54, 1.807) is 23.5 Å². The number of esters is 1. The first-order valence-electron chi connectivity index (χ1n) is 19.5. The Morgan fingerprint density at radius 1 is 1.05 bits per heavy atom. The van der Waals surface area contributed by atoms with Gasteiger partial charge in [0.05, 0.1) is 30.5 Å². The Kier molecular flexibility index (Phi) is 16.5. The van der Waals surface area contributed by atoms with Crippen LogP contribution in [0.3, 0.4) is 0 Å². The molecule has 310 valence electrons. The molecule has 0 saturated heterocycles. The fraction of sp³-hybridized carbons (Fsp3) is 0.452. The number of hydrogen-bond donors (Lipinski definition) is 1. The van der Waals surface area contributed by atoms with E-state index in [1.165, 1.54) is 24.5 Å². The number of unbranched alkanes of at least 4 members (excludes halogenated alkanes) is 1. The number of benzene rings is 2. The molecule has 0 radical (unpaired) electrons. The van der Waals surface area contributed by atoms with Gasteiger partial charge in [0.1, 0.15) is 6.73 Å². The van der Waals surface area contributed by atoms with Crippen molar-refractivity contribution in [1.82, 2.24) is 30.0 Å². The first-order chi connectivity index (χ1) is 27.9. The van der Waals surface area contributed by atoms with E-state index in [0.29, 0.717) is 61.6 Å². The highest BCUT2D eigenvalue weighted by atomic mass is 32.1. The number of methoxy groups -OCH3 is 1. The molecule has 0 saturated carbocycles. The van der Waals surface area contributed by atoms with Crippen molar-refractivity contribution in [3.8, 4) is 17.6 Å². The molecule has 0 unspecified atom stereocenters. The molecule has 0 atom stereocenters. The fourth-order valence-electron chi connectivity index (χ4n) is 5.73. The van der Waals surface area contributed by atoms with Gasteiger partial charge in [-0.05, 0) is 108 Å². The van der Waals surface area contributed by atoms with E-state index in [2.05, 4.69) is 63.7 Å². The summed E-state index contributed by atoms with van der Waals surface area (Å²) in [5, 5.41) is 13.1. The number of aromatic nitrogens is 4. The zero-order valence-corrected chi connectivity index (χ0v) is 37.5. The Bertz CT molecular complexity index is 2270. The predicted octanol–water partition coefficient (Wildman–Crippen LogP) is 7.79. The number of rotatable bonds is 20. The number of anilines is 2. The van der Waals surface area contributed by atoms with Crippen LogP contribution in [0.25, 0.3) is 10.2 Å². The minimum Gasteiger partial charge on any atom is -0.491 e. The lowest BCUT2D eigenvalue weighted by molar-refractivity contribution is 0.0593. The SMILES string of the molecule is CNCCCCN(c1cc(C)c(N=c2sc3ccccc3n2COCC[Si](C)(C)C)nn1)c1nc(C(=O)OC)c(CCCOc2ccc(C#CCN(C)C)cc2F)s1. The van der Waals surface area contributed by atoms with E-state index in [0.717, 1.165) is 50.9 Å². The van der Waals surface area contributed by atoms with Gasteiger partial charge < -0.3 is 24.4 Å². The zero-order valence-electron chi connectivity index (χ0n) is 34.9. The number of thiazole rings is 2. The highest BCUT2D eigenvalue weighted by Gasteiger charge is 2.24. The monoisotopic (exact) mass is 846 g/mol. The number of halogens is 1. The maximum Gasteiger partial charge on any atom is 0.357 e. The molecular weight excluding hydrogens is 792 g/mol. The summed E-state index contributed by atoms with van der Waals surface area (Å²) >= 11 is 2.99. The molecule has 3 heterocycles. The molecule has 0 spiro atoms. The van der Waals surface area contributed by atoms with Crippen molar-refractivity contribution in [2.45, 2.75) is 65.0 Å². The molecule has 0 fully saturated rings. The Morgan fingerprint density at radius 2 is 1.86 bits per heavy atom. The molecule has 0 aliphatic rings. The third-order valence-corrected chi connectivity index (χ3v) is 12.9. The number of aryl methyl sites for hydroxylation is 2. The largest absolute Gasteiger partial charge is 0.491 e. The van der Waals surface area contributed by atoms with Crippen LogP contribution in [-0.2, 0) is 22.6 Å². The normalized spacial score (nSPS) is 11.9. The van der Waals surface area contributed by atoms with E-state index in [4.69, 9.17) is 24.2 Å². The minimum absolute atomic E-state index is 0.154. The van der Waals surface area contributed by atoms with Crippen molar-refractivity contribution in [2.24, 2.45) is 4.99 Å². The van der Waals surface area contributed by atoms with E-state index in [1.807, 2.05) is 56.1 Å². The lowest BCUT2D eigenvalue weighted by Gasteiger charge is -2.21. The van der Waals surface area contributed by atoms with Crippen LogP contribution < -0.4 is 19.8 Å². The van der Waals surface area contributed by atoms with Crippen LogP contribution in [0.4, 0.5) is 21.2 Å². The molecule has 5 rings (SSSR count). The first kappa shape index (κ1) is 44.6. The molecular formula is C42H55FN8O4S2Si. The summed E-state index contributed by atoms with van der Waals surface area (Å²) < 4.78 is 35.1. The molecule has 0 aliphatic heterocycles. The van der Waals surface area contributed by atoms with Gasteiger partial charge in [-0.2, -0.15) is 4.99 Å². The van der Waals surface area contributed by atoms with Gasteiger partial charge in [-0.1, -0.05) is 55.0 Å². The minimum atomic E-state index is -1.23. The average molecular weight is 847 g/mol. The molecule has 3 aromatic heterocycles. The molecule has 0 amide bonds. The summed E-state index contributed by atoms with van der Waals surface area (Å²) in [5.74, 6) is 6.25. The van der Waals surface area contributed by atoms with Gasteiger partial charge in [0.25, 0.3) is 0 Å². The van der Waals surface area contributed by atoms with Gasteiger partial charge in [-0.25, -0.2) is 14.2 Å². The summed E-state index contributed by atoms with van der Waals surface area (Å²) in [5.41, 5.74) is 2.73. The van der Waals surface area contributed by atoms with Gasteiger partial charge in [0.15, 0.2) is 38.8 Å². The maximum absolute atomic E-state index is 14.8. The highest BCUT2D eigenvalue weighted by Crippen LogP contribution is 2.34. The van der Waals surface area contributed by atoms with Crippen molar-refractivity contribution >= 4 is 63.7 Å². The van der Waals surface area contributed by atoms with E-state index in [9.17, 15) is 9.18 Å². The number of fused-ring (bicyclic) bond motifs is 1. The van der Waals surface area contributed by atoms with Crippen LogP contribution >= 0.6 is 22.7 Å². The number of para-hydroxylation sites is 1. The van der Waals surface area contributed by atoms with E-state index in [-0.39, 0.29) is 18.1 Å². The van der Waals surface area contributed by atoms with Gasteiger partial charge in [-0.3, -0.25) is 9.47 Å². The number of carbonyl (C=O) groups is 1. The molecule has 5 aromatic rings. The van der Waals surface area contributed by atoms with Crippen LogP contribution in [0.15, 0.2) is 53.5 Å². The Labute approximate surface area is 350 Å². The predicted molar refractivity (Wildman–Crippen MR) is 235 cm³/mol. The third kappa shape index (κ3) is 12.7. The highest BCUT2D eigenvalue weighted by molar-refractivity contribution is 7.16. The van der Waals surface area contributed by atoms with Crippen LogP contribution in [0.2, 0.25) is 25.7 Å². The van der Waals surface area contributed by atoms with Crippen LogP contribution in [-0.4, -0.2) is 99.8 Å². The summed E-state index contributed by atoms with van der Waals surface area (Å²) in [6, 6.07) is 16.0. The average Bonchev–Trinajstić information content (AvgIpc) is 3.76. The van der Waals surface area contributed by atoms with Crippen LogP contribution in [0.5, 0.6) is 5.75 Å². The Hall–Kier alpha value is -4.50. The second-order valence-corrected chi connectivity index (χ2v) is 23.0. The molecule has 12 nitrogen and oxygen atoms in total. The third-order valence-electron chi connectivity index (χ3n) is 8.95. The van der Waals surface area contributed by atoms with Crippen molar-refractivity contribution in [3.05, 3.63) is 80.8 Å². The molecule has 0 bridgehead atoms. The van der Waals surface area contributed by atoms with Gasteiger partial charge in [0, 0.05) is 31.7 Å². The summed E-state index contributed by atoms with van der Waals surface area (Å²) in [6.45, 7) is 12.4. The molecule has 1 N–H and O–H groups in total. The van der Waals surface area contributed by atoms with Crippen molar-refractivity contribution in [3.63, 3.8) is 0 Å². The zero-order chi connectivity index (χ0) is 41.7. The van der Waals surface area contributed by atoms with Crippen molar-refractivity contribution in [2.75, 3.05) is 66.0 Å². The number of carbonyl (C=O) groups excluding carboxylic acids is 1. The summed E-state index contributed by atoms with van der Waals surface area (Å²) in [4.78, 5) is 28.3. The molecule has 2 aromatic carbocycles. The molecule has 58 heavy (non-hydrogen) atoms. The molecule has 0 aliphatic carbocycles. The van der Waals surface area contributed by atoms with Gasteiger partial charge in [-0.15, -0.1) is 21.5 Å². The van der Waals surface area contributed by atoms with E-state index < -0.39 is 19.9 Å². The Morgan fingerprint density at radius 3 is 2.59 bits per heavy atom. The van der Waals surface area contributed by atoms with Gasteiger partial charge >= 0.3 is 5.97 Å². The number of ether oxygens (including phenoxy) is 3. The summed E-state index contributed by atoms with van der Waals surface area (Å²) in [6.07, 6.45) is 2.77. The number of nitrogens with zero attached hydrogens (tertiary/aromatic N) is 7. The van der Waals surface area contributed by atoms with Gasteiger partial charge in [0.2, 0.25) is 0 Å². The maximum atomic E-state index is 14.8. The lowest BCUT2D eigenvalue weighted by Crippen LogP contribution is -2.23. The smallest absolute Gasteiger partial charge is 0.357 e. The van der Waals surface area contributed by atoms with Crippen LogP contribution in [0.1, 0.15) is 45.8 Å². The first-order valence-corrected chi connectivity index (χ1v) is 24.8. The number of nitrogens with one attached hydrogen (secondary N) is 1. The topological polar surface area (TPSA) is 119 Å². The van der Waals surface area contributed by atoms with E-state index >= 15 is 0 Å². The quantitative estimate of drug-likeness (QED) is 0.0360. The number of hydrogen-bond acceptors (Lipinski definition) is 13. The van der Waals surface area contributed by atoms with Crippen molar-refractivity contribution < 1.29 is 23.4 Å². The summed E-state index contributed by atoms with van der Waals surface area (Å²) in [7, 11) is 5.90. The van der Waals surface area contributed by atoms with Crippen molar-refractivity contribution in [1.29, 1.82) is 0 Å².